The Balaban J connectivity index is 1.85. The van der Waals surface area contributed by atoms with Crippen LogP contribution in [-0.2, 0) is 6.42 Å². The normalized spacial score (nSPS) is 12.5. The van der Waals surface area contributed by atoms with Crippen LogP contribution in [0.5, 0.6) is 0 Å². The molecule has 0 aliphatic rings. The quantitative estimate of drug-likeness (QED) is 0.432. The largest absolute Gasteiger partial charge is 0.0835 e. The Bertz CT molecular complexity index is 760. The number of aryl methyl sites for hydroxylation is 1. The third kappa shape index (κ3) is 3.56. The second-order valence-corrected chi connectivity index (χ2v) is 7.43. The van der Waals surface area contributed by atoms with E-state index in [2.05, 4.69) is 99.4 Å². The molecule has 2 heteroatoms. The van der Waals surface area contributed by atoms with Crippen LogP contribution in [-0.4, -0.2) is 0 Å². The van der Waals surface area contributed by atoms with E-state index in [4.69, 9.17) is 0 Å². The number of hydrogen-bond acceptors (Lipinski definition) is 0. The Morgan fingerprint density at radius 3 is 2.29 bits per heavy atom. The van der Waals surface area contributed by atoms with Crippen LogP contribution in [0.2, 0.25) is 0 Å². The second kappa shape index (κ2) is 6.33. The Morgan fingerprint density at radius 1 is 0.857 bits per heavy atom. The van der Waals surface area contributed by atoms with Crippen LogP contribution < -0.4 is 0 Å². The fraction of sp³-hybridized carbons (Fsp3) is 0.158. The molecular weight excluding hydrogens is 388 g/mol. The molecule has 0 aliphatic heterocycles. The zero-order valence-electron chi connectivity index (χ0n) is 11.8. The van der Waals surface area contributed by atoms with Crippen molar-refractivity contribution in [2.75, 3.05) is 0 Å². The highest BCUT2D eigenvalue weighted by Gasteiger charge is 2.09. The summed E-state index contributed by atoms with van der Waals surface area (Å²) in [6.07, 6.45) is 1.00. The van der Waals surface area contributed by atoms with Crippen LogP contribution in [0.25, 0.3) is 10.8 Å². The van der Waals surface area contributed by atoms with Gasteiger partial charge in [0, 0.05) is 9.30 Å². The fourth-order valence-electron chi connectivity index (χ4n) is 2.48. The molecule has 0 bridgehead atoms. The summed E-state index contributed by atoms with van der Waals surface area (Å²) in [6, 6.07) is 21.9. The first-order valence-electron chi connectivity index (χ1n) is 7.01. The van der Waals surface area contributed by atoms with Crippen molar-refractivity contribution in [2.45, 2.75) is 18.2 Å². The van der Waals surface area contributed by atoms with Gasteiger partial charge in [0.25, 0.3) is 0 Å². The number of rotatable bonds is 3. The predicted molar refractivity (Wildman–Crippen MR) is 98.2 cm³/mol. The third-order valence-electron chi connectivity index (χ3n) is 3.72. The van der Waals surface area contributed by atoms with Gasteiger partial charge >= 0.3 is 0 Å². The van der Waals surface area contributed by atoms with E-state index >= 15 is 0 Å². The van der Waals surface area contributed by atoms with E-state index in [0.717, 1.165) is 10.9 Å². The SMILES string of the molecule is Cc1ccc(CC(Br)c2ccc3cc(Br)ccc3c2)cc1. The van der Waals surface area contributed by atoms with Gasteiger partial charge in [0.2, 0.25) is 0 Å². The Hall–Kier alpha value is -1.12. The van der Waals surface area contributed by atoms with Crippen molar-refractivity contribution in [2.24, 2.45) is 0 Å². The molecule has 3 aromatic carbocycles. The molecule has 1 atom stereocenters. The highest BCUT2D eigenvalue weighted by Crippen LogP contribution is 2.30. The lowest BCUT2D eigenvalue weighted by molar-refractivity contribution is 0.950. The molecule has 0 aromatic heterocycles. The van der Waals surface area contributed by atoms with Crippen molar-refractivity contribution in [1.29, 1.82) is 0 Å². The van der Waals surface area contributed by atoms with E-state index in [0.29, 0.717) is 4.83 Å². The van der Waals surface area contributed by atoms with Crippen LogP contribution in [0.15, 0.2) is 65.1 Å². The van der Waals surface area contributed by atoms with Crippen molar-refractivity contribution in [1.82, 2.24) is 0 Å². The molecule has 0 radical (unpaired) electrons. The molecule has 0 heterocycles. The summed E-state index contributed by atoms with van der Waals surface area (Å²) in [7, 11) is 0. The van der Waals surface area contributed by atoms with Gasteiger partial charge in [-0.15, -0.1) is 0 Å². The fourth-order valence-corrected chi connectivity index (χ4v) is 3.52. The van der Waals surface area contributed by atoms with E-state index in [1.807, 2.05) is 0 Å². The van der Waals surface area contributed by atoms with Crippen LogP contribution in [0.4, 0.5) is 0 Å². The van der Waals surface area contributed by atoms with Crippen LogP contribution in [0.1, 0.15) is 21.5 Å². The summed E-state index contributed by atoms with van der Waals surface area (Å²) < 4.78 is 1.12. The van der Waals surface area contributed by atoms with Crippen molar-refractivity contribution in [3.63, 3.8) is 0 Å². The molecule has 0 amide bonds. The summed E-state index contributed by atoms with van der Waals surface area (Å²) in [5.74, 6) is 0. The van der Waals surface area contributed by atoms with Gasteiger partial charge in [-0.3, -0.25) is 0 Å². The molecule has 0 nitrogen and oxygen atoms in total. The lowest BCUT2D eigenvalue weighted by Gasteiger charge is -2.12. The Morgan fingerprint density at radius 2 is 1.52 bits per heavy atom. The molecular formula is C19H16Br2. The van der Waals surface area contributed by atoms with Gasteiger partial charge in [0.15, 0.2) is 0 Å². The maximum absolute atomic E-state index is 3.83. The van der Waals surface area contributed by atoms with Crippen LogP contribution in [0.3, 0.4) is 0 Å². The maximum Gasteiger partial charge on any atom is 0.0435 e. The third-order valence-corrected chi connectivity index (χ3v) is 5.07. The van der Waals surface area contributed by atoms with Crippen molar-refractivity contribution in [3.8, 4) is 0 Å². The van der Waals surface area contributed by atoms with Gasteiger partial charge < -0.3 is 0 Å². The first kappa shape index (κ1) is 14.8. The van der Waals surface area contributed by atoms with Gasteiger partial charge in [0.05, 0.1) is 0 Å². The van der Waals surface area contributed by atoms with E-state index in [9.17, 15) is 0 Å². The molecule has 0 fully saturated rings. The predicted octanol–water partition coefficient (Wildman–Crippen LogP) is 6.59. The van der Waals surface area contributed by atoms with Gasteiger partial charge in [0.1, 0.15) is 0 Å². The van der Waals surface area contributed by atoms with E-state index < -0.39 is 0 Å². The lowest BCUT2D eigenvalue weighted by Crippen LogP contribution is -1.95. The van der Waals surface area contributed by atoms with E-state index in [-0.39, 0.29) is 0 Å². The molecule has 3 aromatic rings. The lowest BCUT2D eigenvalue weighted by atomic mass is 10.0. The second-order valence-electron chi connectivity index (χ2n) is 5.41. The van der Waals surface area contributed by atoms with Crippen LogP contribution in [0, 0.1) is 6.92 Å². The van der Waals surface area contributed by atoms with E-state index in [1.54, 1.807) is 0 Å². The molecule has 21 heavy (non-hydrogen) atoms. The zero-order chi connectivity index (χ0) is 14.8. The minimum atomic E-state index is 0.341. The number of benzene rings is 3. The molecule has 0 saturated carbocycles. The van der Waals surface area contributed by atoms with Gasteiger partial charge in [-0.25, -0.2) is 0 Å². The summed E-state index contributed by atoms with van der Waals surface area (Å²) in [5, 5.41) is 2.55. The molecule has 0 N–H and O–H groups in total. The standard InChI is InChI=1S/C19H16Br2/c1-13-2-4-14(5-3-13)10-19(21)17-7-6-16-12-18(20)9-8-15(16)11-17/h2-9,11-12,19H,10H2,1H3. The number of halogens is 2. The first-order chi connectivity index (χ1) is 10.1. The Kier molecular flexibility index (Phi) is 4.46. The maximum atomic E-state index is 3.83. The zero-order valence-corrected chi connectivity index (χ0v) is 15.0. The van der Waals surface area contributed by atoms with Crippen LogP contribution >= 0.6 is 31.9 Å². The Labute approximate surface area is 142 Å². The van der Waals surface area contributed by atoms with Gasteiger partial charge in [-0.1, -0.05) is 86.0 Å². The summed E-state index contributed by atoms with van der Waals surface area (Å²) in [6.45, 7) is 2.12. The smallest absolute Gasteiger partial charge is 0.0435 e. The minimum Gasteiger partial charge on any atom is -0.0835 e. The molecule has 0 saturated heterocycles. The summed E-state index contributed by atoms with van der Waals surface area (Å²) in [5.41, 5.74) is 3.99. The number of alkyl halides is 1. The number of fused-ring (bicyclic) bond motifs is 1. The molecule has 0 spiro atoms. The average Bonchev–Trinajstić information content (AvgIpc) is 2.49. The molecule has 106 valence electrons. The van der Waals surface area contributed by atoms with Crippen molar-refractivity contribution in [3.05, 3.63) is 81.8 Å². The number of hydrogen-bond donors (Lipinski definition) is 0. The van der Waals surface area contributed by atoms with Gasteiger partial charge in [-0.2, -0.15) is 0 Å². The monoisotopic (exact) mass is 402 g/mol. The minimum absolute atomic E-state index is 0.341. The topological polar surface area (TPSA) is 0 Å². The molecule has 0 aliphatic carbocycles. The molecule has 3 rings (SSSR count). The summed E-state index contributed by atoms with van der Waals surface area (Å²) in [4.78, 5) is 0.341. The van der Waals surface area contributed by atoms with Crippen molar-refractivity contribution < 1.29 is 0 Å². The summed E-state index contributed by atoms with van der Waals surface area (Å²) >= 11 is 7.35. The first-order valence-corrected chi connectivity index (χ1v) is 8.71. The average molecular weight is 404 g/mol. The molecule has 1 unspecified atom stereocenters. The van der Waals surface area contributed by atoms with Gasteiger partial charge in [-0.05, 0) is 47.4 Å². The highest BCUT2D eigenvalue weighted by molar-refractivity contribution is 9.10. The highest BCUT2D eigenvalue weighted by atomic mass is 79.9. The van der Waals surface area contributed by atoms with E-state index in [1.165, 1.54) is 27.5 Å². The van der Waals surface area contributed by atoms with Crippen molar-refractivity contribution >= 4 is 42.6 Å².